The molecule has 0 spiro atoms. The van der Waals surface area contributed by atoms with E-state index >= 15 is 0 Å². The van der Waals surface area contributed by atoms with Crippen LogP contribution in [0.2, 0.25) is 0 Å². The van der Waals surface area contributed by atoms with E-state index in [0.29, 0.717) is 17.9 Å². The highest BCUT2D eigenvalue weighted by atomic mass is 19.1. The van der Waals surface area contributed by atoms with Crippen molar-refractivity contribution >= 4 is 0 Å². The summed E-state index contributed by atoms with van der Waals surface area (Å²) in [5, 5.41) is 0. The summed E-state index contributed by atoms with van der Waals surface area (Å²) in [6.07, 6.45) is 4.61. The molecule has 1 unspecified atom stereocenters. The maximum atomic E-state index is 13.6. The second kappa shape index (κ2) is 7.28. The molecule has 0 saturated heterocycles. The second-order valence-electron chi connectivity index (χ2n) is 4.38. The predicted octanol–water partition coefficient (Wildman–Crippen LogP) is 3.80. The van der Waals surface area contributed by atoms with Crippen molar-refractivity contribution in [3.8, 4) is 5.75 Å². The van der Waals surface area contributed by atoms with Gasteiger partial charge in [-0.05, 0) is 19.4 Å². The summed E-state index contributed by atoms with van der Waals surface area (Å²) in [5.74, 6) is 0.300. The summed E-state index contributed by atoms with van der Waals surface area (Å²) >= 11 is 0. The lowest BCUT2D eigenvalue weighted by atomic mass is 10.1. The first-order chi connectivity index (χ1) is 8.15. The van der Waals surface area contributed by atoms with Gasteiger partial charge >= 0.3 is 0 Å². The maximum Gasteiger partial charge on any atom is 0.131 e. The maximum absolute atomic E-state index is 13.6. The van der Waals surface area contributed by atoms with Crippen LogP contribution in [-0.2, 0) is 0 Å². The molecule has 0 aliphatic rings. The lowest BCUT2D eigenvalue weighted by Gasteiger charge is -2.10. The Kier molecular flexibility index (Phi) is 5.98. The van der Waals surface area contributed by atoms with E-state index < -0.39 is 0 Å². The number of unbranched alkanes of at least 4 members (excludes halogenated alkanes) is 3. The summed E-state index contributed by atoms with van der Waals surface area (Å²) in [5.41, 5.74) is 6.17. The Bertz CT molecular complexity index is 339. The normalized spacial score (nSPS) is 12.5. The molecule has 1 rings (SSSR count). The zero-order valence-corrected chi connectivity index (χ0v) is 10.7. The molecular formula is C14H22FNO. The number of nitrogens with two attached hydrogens (primary N) is 1. The van der Waals surface area contributed by atoms with Gasteiger partial charge in [-0.2, -0.15) is 0 Å². The third kappa shape index (κ3) is 4.73. The van der Waals surface area contributed by atoms with Crippen LogP contribution in [0.15, 0.2) is 18.2 Å². The van der Waals surface area contributed by atoms with E-state index in [2.05, 4.69) is 6.92 Å². The quantitative estimate of drug-likeness (QED) is 0.734. The van der Waals surface area contributed by atoms with Gasteiger partial charge in [0.05, 0.1) is 6.61 Å². The van der Waals surface area contributed by atoms with E-state index in [1.807, 2.05) is 0 Å². The summed E-state index contributed by atoms with van der Waals surface area (Å²) in [6, 6.07) is 4.61. The van der Waals surface area contributed by atoms with Gasteiger partial charge in [-0.25, -0.2) is 4.39 Å². The number of halogens is 1. The predicted molar refractivity (Wildman–Crippen MR) is 68.6 cm³/mol. The third-order valence-electron chi connectivity index (χ3n) is 2.73. The van der Waals surface area contributed by atoms with Crippen LogP contribution in [0, 0.1) is 5.82 Å². The van der Waals surface area contributed by atoms with E-state index in [9.17, 15) is 4.39 Å². The molecule has 0 amide bonds. The number of rotatable bonds is 7. The van der Waals surface area contributed by atoms with Crippen molar-refractivity contribution in [1.29, 1.82) is 0 Å². The van der Waals surface area contributed by atoms with Gasteiger partial charge in [0.1, 0.15) is 11.6 Å². The highest BCUT2D eigenvalue weighted by molar-refractivity contribution is 5.30. The van der Waals surface area contributed by atoms with Crippen LogP contribution >= 0.6 is 0 Å². The smallest absolute Gasteiger partial charge is 0.131 e. The summed E-state index contributed by atoms with van der Waals surface area (Å²) < 4.78 is 19.1. The molecule has 0 fully saturated rings. The van der Waals surface area contributed by atoms with Crippen molar-refractivity contribution in [3.63, 3.8) is 0 Å². The highest BCUT2D eigenvalue weighted by Gasteiger charge is 2.07. The molecule has 2 N–H and O–H groups in total. The zero-order valence-electron chi connectivity index (χ0n) is 10.7. The minimum atomic E-state index is -0.286. The van der Waals surface area contributed by atoms with Crippen molar-refractivity contribution < 1.29 is 9.13 Å². The van der Waals surface area contributed by atoms with Gasteiger partial charge in [-0.3, -0.25) is 0 Å². The summed E-state index contributed by atoms with van der Waals surface area (Å²) in [6.45, 7) is 4.59. The Morgan fingerprint density at radius 3 is 2.65 bits per heavy atom. The van der Waals surface area contributed by atoms with Crippen LogP contribution in [0.4, 0.5) is 4.39 Å². The Morgan fingerprint density at radius 2 is 2.06 bits per heavy atom. The fraction of sp³-hybridized carbons (Fsp3) is 0.571. The summed E-state index contributed by atoms with van der Waals surface area (Å²) in [4.78, 5) is 0. The van der Waals surface area contributed by atoms with Crippen molar-refractivity contribution in [2.24, 2.45) is 5.73 Å². The van der Waals surface area contributed by atoms with Crippen LogP contribution in [0.1, 0.15) is 51.1 Å². The second-order valence-corrected chi connectivity index (χ2v) is 4.38. The Balaban J connectivity index is 2.42. The standard InChI is InChI=1S/C14H22FNO/c1-3-4-5-6-9-17-12-7-8-13(11(2)16)14(15)10-12/h7-8,10-11H,3-6,9,16H2,1-2H3. The minimum absolute atomic E-state index is 0.284. The molecule has 1 aromatic rings. The molecule has 0 radical (unpaired) electrons. The van der Waals surface area contributed by atoms with Gasteiger partial charge < -0.3 is 10.5 Å². The van der Waals surface area contributed by atoms with Gasteiger partial charge in [0, 0.05) is 17.7 Å². The van der Waals surface area contributed by atoms with Gasteiger partial charge in [0.15, 0.2) is 0 Å². The van der Waals surface area contributed by atoms with Gasteiger partial charge in [0.25, 0.3) is 0 Å². The lowest BCUT2D eigenvalue weighted by molar-refractivity contribution is 0.303. The van der Waals surface area contributed by atoms with E-state index in [1.54, 1.807) is 19.1 Å². The van der Waals surface area contributed by atoms with Crippen molar-refractivity contribution in [2.45, 2.75) is 45.6 Å². The van der Waals surface area contributed by atoms with Crippen LogP contribution in [-0.4, -0.2) is 6.61 Å². The third-order valence-corrected chi connectivity index (χ3v) is 2.73. The largest absolute Gasteiger partial charge is 0.493 e. The Hall–Kier alpha value is -1.09. The number of hydrogen-bond acceptors (Lipinski definition) is 2. The fourth-order valence-electron chi connectivity index (χ4n) is 1.69. The molecule has 1 aromatic carbocycles. The molecule has 0 aliphatic heterocycles. The van der Waals surface area contributed by atoms with Crippen LogP contribution in [0.3, 0.4) is 0 Å². The average Bonchev–Trinajstić information content (AvgIpc) is 2.28. The SMILES string of the molecule is CCCCCCOc1ccc(C(C)N)c(F)c1. The number of benzene rings is 1. The monoisotopic (exact) mass is 239 g/mol. The lowest BCUT2D eigenvalue weighted by Crippen LogP contribution is -2.07. The molecule has 2 nitrogen and oxygen atoms in total. The van der Waals surface area contributed by atoms with Crippen LogP contribution < -0.4 is 10.5 Å². The van der Waals surface area contributed by atoms with Crippen molar-refractivity contribution in [1.82, 2.24) is 0 Å². The molecule has 0 aliphatic carbocycles. The first kappa shape index (κ1) is 14.0. The highest BCUT2D eigenvalue weighted by Crippen LogP contribution is 2.20. The molecule has 96 valence electrons. The van der Waals surface area contributed by atoms with Gasteiger partial charge in [-0.15, -0.1) is 0 Å². The number of ether oxygens (including phenoxy) is 1. The molecule has 3 heteroatoms. The molecule has 0 saturated carbocycles. The molecule has 0 aromatic heterocycles. The molecule has 1 atom stereocenters. The van der Waals surface area contributed by atoms with Gasteiger partial charge in [0.2, 0.25) is 0 Å². The van der Waals surface area contributed by atoms with E-state index in [4.69, 9.17) is 10.5 Å². The van der Waals surface area contributed by atoms with E-state index in [-0.39, 0.29) is 11.9 Å². The first-order valence-corrected chi connectivity index (χ1v) is 6.33. The average molecular weight is 239 g/mol. The Labute approximate surface area is 103 Å². The van der Waals surface area contributed by atoms with E-state index in [1.165, 1.54) is 18.9 Å². The first-order valence-electron chi connectivity index (χ1n) is 6.33. The van der Waals surface area contributed by atoms with Gasteiger partial charge in [-0.1, -0.05) is 32.3 Å². The topological polar surface area (TPSA) is 35.2 Å². The zero-order chi connectivity index (χ0) is 12.7. The number of hydrogen-bond donors (Lipinski definition) is 1. The molecule has 0 bridgehead atoms. The minimum Gasteiger partial charge on any atom is -0.493 e. The van der Waals surface area contributed by atoms with Crippen molar-refractivity contribution in [2.75, 3.05) is 6.61 Å². The Morgan fingerprint density at radius 1 is 1.29 bits per heavy atom. The molecule has 17 heavy (non-hydrogen) atoms. The fourth-order valence-corrected chi connectivity index (χ4v) is 1.69. The van der Waals surface area contributed by atoms with Crippen LogP contribution in [0.25, 0.3) is 0 Å². The molecule has 0 heterocycles. The molecular weight excluding hydrogens is 217 g/mol. The van der Waals surface area contributed by atoms with E-state index in [0.717, 1.165) is 12.8 Å². The summed E-state index contributed by atoms with van der Waals surface area (Å²) in [7, 11) is 0. The van der Waals surface area contributed by atoms with Crippen LogP contribution in [0.5, 0.6) is 5.75 Å². The van der Waals surface area contributed by atoms with Crippen molar-refractivity contribution in [3.05, 3.63) is 29.6 Å².